The van der Waals surface area contributed by atoms with Gasteiger partial charge in [-0.15, -0.1) is 11.3 Å². The summed E-state index contributed by atoms with van der Waals surface area (Å²) in [6.45, 7) is 0. The quantitative estimate of drug-likeness (QED) is 0.393. The Labute approximate surface area is 165 Å². The molecule has 5 nitrogen and oxygen atoms in total. The van der Waals surface area contributed by atoms with E-state index in [9.17, 15) is 13.2 Å². The number of halogens is 3. The van der Waals surface area contributed by atoms with Gasteiger partial charge >= 0.3 is 6.18 Å². The molecule has 5 rings (SSSR count). The summed E-state index contributed by atoms with van der Waals surface area (Å²) in [5.74, 6) is 0.344. The van der Waals surface area contributed by atoms with Crippen LogP contribution in [0.3, 0.4) is 0 Å². The predicted octanol–water partition coefficient (Wildman–Crippen LogP) is 6.03. The van der Waals surface area contributed by atoms with Crippen molar-refractivity contribution in [3.05, 3.63) is 65.7 Å². The molecule has 0 amide bonds. The van der Waals surface area contributed by atoms with Crippen LogP contribution in [0.4, 0.5) is 13.2 Å². The first-order valence-electron chi connectivity index (χ1n) is 8.53. The van der Waals surface area contributed by atoms with Gasteiger partial charge in [0, 0.05) is 16.5 Å². The van der Waals surface area contributed by atoms with E-state index in [2.05, 4.69) is 20.3 Å². The van der Waals surface area contributed by atoms with Crippen molar-refractivity contribution in [3.8, 4) is 33.3 Å². The first kappa shape index (κ1) is 17.6. The molecule has 3 aromatic heterocycles. The van der Waals surface area contributed by atoms with Crippen molar-refractivity contribution >= 4 is 22.2 Å². The van der Waals surface area contributed by atoms with Crippen LogP contribution in [0.1, 0.15) is 4.88 Å². The molecule has 0 spiro atoms. The van der Waals surface area contributed by atoms with Gasteiger partial charge in [-0.25, -0.2) is 0 Å². The van der Waals surface area contributed by atoms with Gasteiger partial charge < -0.3 is 4.52 Å². The highest BCUT2D eigenvalue weighted by atomic mass is 32.1. The number of aromatic amines is 1. The minimum absolute atomic E-state index is 0.0463. The van der Waals surface area contributed by atoms with Crippen LogP contribution in [0, 0.1) is 0 Å². The van der Waals surface area contributed by atoms with E-state index in [1.807, 2.05) is 12.1 Å². The van der Waals surface area contributed by atoms with Gasteiger partial charge in [0.2, 0.25) is 5.82 Å². The Morgan fingerprint density at radius 2 is 1.79 bits per heavy atom. The molecule has 3 heterocycles. The van der Waals surface area contributed by atoms with E-state index < -0.39 is 11.1 Å². The third-order valence-electron chi connectivity index (χ3n) is 4.41. The number of nitrogens with zero attached hydrogens (tertiary/aromatic N) is 3. The molecule has 0 saturated heterocycles. The molecule has 9 heteroatoms. The Morgan fingerprint density at radius 1 is 0.966 bits per heavy atom. The number of fused-ring (bicyclic) bond motifs is 1. The summed E-state index contributed by atoms with van der Waals surface area (Å²) >= 11 is 0.591. The van der Waals surface area contributed by atoms with E-state index in [-0.39, 0.29) is 16.3 Å². The minimum Gasteiger partial charge on any atom is -0.333 e. The number of hydrogen-bond donors (Lipinski definition) is 1. The number of aromatic nitrogens is 4. The smallest absolute Gasteiger partial charge is 0.333 e. The predicted molar refractivity (Wildman–Crippen MR) is 103 cm³/mol. The number of alkyl halides is 3. The van der Waals surface area contributed by atoms with E-state index in [4.69, 9.17) is 4.52 Å². The lowest BCUT2D eigenvalue weighted by Crippen LogP contribution is -2.03. The summed E-state index contributed by atoms with van der Waals surface area (Å²) in [6, 6.07) is 15.3. The fourth-order valence-corrected chi connectivity index (χ4v) is 4.03. The van der Waals surface area contributed by atoms with Crippen molar-refractivity contribution in [3.63, 3.8) is 0 Å². The minimum atomic E-state index is -4.48. The van der Waals surface area contributed by atoms with E-state index in [0.29, 0.717) is 28.3 Å². The Balaban J connectivity index is 1.57. The topological polar surface area (TPSA) is 67.6 Å². The highest BCUT2D eigenvalue weighted by Gasteiger charge is 2.37. The fourth-order valence-electron chi connectivity index (χ4n) is 3.06. The highest BCUT2D eigenvalue weighted by Crippen LogP contribution is 2.45. The molecule has 0 saturated carbocycles. The highest BCUT2D eigenvalue weighted by molar-refractivity contribution is 7.16. The second-order valence-corrected chi connectivity index (χ2v) is 7.36. The van der Waals surface area contributed by atoms with Crippen molar-refractivity contribution < 1.29 is 17.7 Å². The molecule has 5 aromatic rings. The van der Waals surface area contributed by atoms with Crippen molar-refractivity contribution in [1.29, 1.82) is 0 Å². The van der Waals surface area contributed by atoms with Crippen LogP contribution in [0.25, 0.3) is 44.2 Å². The molecular formula is C20H11F3N4OS. The van der Waals surface area contributed by atoms with E-state index >= 15 is 0 Å². The van der Waals surface area contributed by atoms with Gasteiger partial charge in [-0.05, 0) is 29.8 Å². The van der Waals surface area contributed by atoms with Gasteiger partial charge in [0.15, 0.2) is 0 Å². The van der Waals surface area contributed by atoms with Crippen LogP contribution in [0.5, 0.6) is 0 Å². The number of H-pyrrole nitrogens is 1. The largest absolute Gasteiger partial charge is 0.426 e. The second kappa shape index (κ2) is 6.56. The van der Waals surface area contributed by atoms with Crippen molar-refractivity contribution in [2.45, 2.75) is 6.18 Å². The zero-order valence-corrected chi connectivity index (χ0v) is 15.4. The zero-order valence-electron chi connectivity index (χ0n) is 14.6. The van der Waals surface area contributed by atoms with Crippen LogP contribution < -0.4 is 0 Å². The summed E-state index contributed by atoms with van der Waals surface area (Å²) in [7, 11) is 0. The molecule has 2 aromatic carbocycles. The number of nitrogens with one attached hydrogen (secondary N) is 1. The summed E-state index contributed by atoms with van der Waals surface area (Å²) in [4.78, 5) is 3.87. The Morgan fingerprint density at radius 3 is 2.59 bits per heavy atom. The molecule has 0 aliphatic rings. The molecule has 0 radical (unpaired) electrons. The number of hydrogen-bond acceptors (Lipinski definition) is 5. The molecular weight excluding hydrogens is 401 g/mol. The monoisotopic (exact) mass is 412 g/mol. The van der Waals surface area contributed by atoms with Crippen LogP contribution in [0.15, 0.2) is 65.3 Å². The van der Waals surface area contributed by atoms with Crippen LogP contribution in [0.2, 0.25) is 0 Å². The normalized spacial score (nSPS) is 12.0. The van der Waals surface area contributed by atoms with Gasteiger partial charge in [0.05, 0.1) is 16.6 Å². The summed E-state index contributed by atoms with van der Waals surface area (Å²) in [5.41, 5.74) is 2.12. The Bertz CT molecular complexity index is 1300. The Kier molecular flexibility index (Phi) is 3.99. The first-order chi connectivity index (χ1) is 14.0. The number of rotatable bonds is 3. The lowest BCUT2D eigenvalue weighted by atomic mass is 10.1. The number of benzene rings is 2. The molecule has 0 aliphatic carbocycles. The first-order valence-corrected chi connectivity index (χ1v) is 9.35. The molecule has 29 heavy (non-hydrogen) atoms. The fraction of sp³-hybridized carbons (Fsp3) is 0.0500. The molecule has 0 unspecified atom stereocenters. The molecule has 0 aliphatic heterocycles. The molecule has 0 atom stereocenters. The maximum atomic E-state index is 13.6. The van der Waals surface area contributed by atoms with Gasteiger partial charge in [-0.3, -0.25) is 5.10 Å². The molecule has 0 bridgehead atoms. The van der Waals surface area contributed by atoms with Crippen molar-refractivity contribution in [1.82, 2.24) is 20.3 Å². The SMILES string of the molecule is FC(F)(F)c1sc(-c2nc(-c3ccc4[nH]ncc4c3)no2)cc1-c1ccccc1. The maximum Gasteiger partial charge on any atom is 0.426 e. The van der Waals surface area contributed by atoms with Gasteiger partial charge in [0.25, 0.3) is 5.89 Å². The molecule has 144 valence electrons. The average Bonchev–Trinajstić information content (AvgIpc) is 3.45. The Hall–Kier alpha value is -3.46. The van der Waals surface area contributed by atoms with Crippen LogP contribution in [-0.2, 0) is 6.18 Å². The molecule has 0 fully saturated rings. The second-order valence-electron chi connectivity index (χ2n) is 6.31. The van der Waals surface area contributed by atoms with E-state index in [1.165, 1.54) is 6.07 Å². The van der Waals surface area contributed by atoms with Gasteiger partial charge in [-0.1, -0.05) is 35.5 Å². The summed E-state index contributed by atoms with van der Waals surface area (Å²) in [6.07, 6.45) is -2.82. The summed E-state index contributed by atoms with van der Waals surface area (Å²) in [5, 5.41) is 11.6. The lowest BCUT2D eigenvalue weighted by molar-refractivity contribution is -0.133. The van der Waals surface area contributed by atoms with Crippen molar-refractivity contribution in [2.75, 3.05) is 0 Å². The third-order valence-corrected chi connectivity index (χ3v) is 5.58. The van der Waals surface area contributed by atoms with Crippen molar-refractivity contribution in [2.24, 2.45) is 0 Å². The van der Waals surface area contributed by atoms with Gasteiger partial charge in [-0.2, -0.15) is 23.3 Å². The number of thiophene rings is 1. The van der Waals surface area contributed by atoms with Crippen LogP contribution >= 0.6 is 11.3 Å². The lowest BCUT2D eigenvalue weighted by Gasteiger charge is -2.07. The maximum absolute atomic E-state index is 13.6. The van der Waals surface area contributed by atoms with E-state index in [0.717, 1.165) is 10.9 Å². The van der Waals surface area contributed by atoms with Crippen LogP contribution in [-0.4, -0.2) is 20.3 Å². The standard InChI is InChI=1S/C20H11F3N4OS/c21-20(22,23)17-14(11-4-2-1-3-5-11)9-16(29-17)19-25-18(27-28-19)12-6-7-15-13(8-12)10-24-26-15/h1-10H,(H,24,26). The molecule has 1 N–H and O–H groups in total. The summed E-state index contributed by atoms with van der Waals surface area (Å²) < 4.78 is 46.0. The third kappa shape index (κ3) is 3.19. The van der Waals surface area contributed by atoms with E-state index in [1.54, 1.807) is 42.6 Å². The average molecular weight is 412 g/mol. The zero-order chi connectivity index (χ0) is 20.0. The van der Waals surface area contributed by atoms with Gasteiger partial charge in [0.1, 0.15) is 4.88 Å².